The van der Waals surface area contributed by atoms with E-state index in [9.17, 15) is 9.59 Å². The van der Waals surface area contributed by atoms with Crippen LogP contribution in [-0.2, 0) is 9.53 Å². The van der Waals surface area contributed by atoms with Crippen LogP contribution in [0.2, 0.25) is 0 Å². The summed E-state index contributed by atoms with van der Waals surface area (Å²) in [4.78, 5) is 26.9. The van der Waals surface area contributed by atoms with Crippen LogP contribution in [0.1, 0.15) is 46.5 Å². The average molecular weight is 385 g/mol. The smallest absolute Gasteiger partial charge is 0.321 e. The summed E-state index contributed by atoms with van der Waals surface area (Å²) >= 11 is 0. The predicted molar refractivity (Wildman–Crippen MR) is 109 cm³/mol. The number of ether oxygens (including phenoxy) is 1. The fourth-order valence-electron chi connectivity index (χ4n) is 5.55. The van der Waals surface area contributed by atoms with E-state index in [0.29, 0.717) is 49.1 Å². The van der Waals surface area contributed by atoms with Crippen molar-refractivity contribution < 1.29 is 14.3 Å². The highest BCUT2D eigenvalue weighted by Crippen LogP contribution is 2.61. The van der Waals surface area contributed by atoms with Crippen LogP contribution >= 0.6 is 0 Å². The lowest BCUT2D eigenvalue weighted by atomic mass is 9.45. The van der Waals surface area contributed by atoms with Gasteiger partial charge in [0, 0.05) is 18.8 Å². The number of nitrogens with zero attached hydrogens (tertiary/aromatic N) is 1. The number of fused-ring (bicyclic) bond motifs is 2. The molecule has 1 heterocycles. The molecule has 2 amide bonds. The van der Waals surface area contributed by atoms with Crippen molar-refractivity contribution >= 4 is 17.7 Å². The van der Waals surface area contributed by atoms with Crippen LogP contribution < -0.4 is 5.32 Å². The van der Waals surface area contributed by atoms with Gasteiger partial charge in [-0.3, -0.25) is 4.79 Å². The third kappa shape index (κ3) is 3.51. The minimum atomic E-state index is -0.0961. The zero-order chi connectivity index (χ0) is 19.9. The van der Waals surface area contributed by atoms with Crippen molar-refractivity contribution in [1.82, 2.24) is 4.90 Å². The van der Waals surface area contributed by atoms with Gasteiger partial charge in [-0.1, -0.05) is 39.0 Å². The Morgan fingerprint density at radius 3 is 2.39 bits per heavy atom. The van der Waals surface area contributed by atoms with E-state index in [1.54, 1.807) is 4.90 Å². The van der Waals surface area contributed by atoms with Crippen molar-refractivity contribution in [3.63, 3.8) is 0 Å². The highest BCUT2D eigenvalue weighted by atomic mass is 16.5. The summed E-state index contributed by atoms with van der Waals surface area (Å²) in [5.74, 6) is 1.67. The van der Waals surface area contributed by atoms with E-state index < -0.39 is 0 Å². The Morgan fingerprint density at radius 1 is 1.11 bits per heavy atom. The number of carbonyl (C=O) groups is 2. The normalized spacial score (nSPS) is 31.6. The third-order valence-corrected chi connectivity index (χ3v) is 7.69. The molecule has 4 fully saturated rings. The molecule has 0 spiro atoms. The molecule has 0 radical (unpaired) electrons. The molecule has 1 saturated heterocycles. The third-order valence-electron chi connectivity index (χ3n) is 7.69. The van der Waals surface area contributed by atoms with Crippen molar-refractivity contribution in [3.8, 4) is 0 Å². The zero-order valence-corrected chi connectivity index (χ0v) is 17.2. The number of carbonyl (C=O) groups excluding carboxylic acids is 2. The van der Waals surface area contributed by atoms with E-state index in [1.807, 2.05) is 30.3 Å². The summed E-state index contributed by atoms with van der Waals surface area (Å²) in [6, 6.07) is 9.37. The van der Waals surface area contributed by atoms with Gasteiger partial charge in [0.2, 0.25) is 0 Å². The van der Waals surface area contributed by atoms with Gasteiger partial charge in [0.25, 0.3) is 0 Å². The number of nitrogens with one attached hydrogen (secondary N) is 1. The van der Waals surface area contributed by atoms with E-state index >= 15 is 0 Å². The number of piperidine rings is 1. The van der Waals surface area contributed by atoms with Crippen LogP contribution in [0.25, 0.3) is 0 Å². The van der Waals surface area contributed by atoms with Crippen molar-refractivity contribution in [3.05, 3.63) is 30.3 Å². The fourth-order valence-corrected chi connectivity index (χ4v) is 5.55. The molecule has 152 valence electrons. The molecule has 0 unspecified atom stereocenters. The standard InChI is InChI=1S/C23H32N2O3/c1-15-19-13-17(23(19,2)3)14-20(15)28-21(26)16-9-11-25(12-10-16)22(27)24-18-7-5-4-6-8-18/h4-8,15-17,19-20H,9-14H2,1-3H3,(H,24,27)/t15-,17+,19+,20-/m0/s1. The molecule has 4 aliphatic rings. The Kier molecular flexibility index (Phi) is 5.11. The molecular formula is C23H32N2O3. The van der Waals surface area contributed by atoms with E-state index in [0.717, 1.165) is 12.1 Å². The quantitative estimate of drug-likeness (QED) is 0.778. The maximum Gasteiger partial charge on any atom is 0.321 e. The number of hydrogen-bond donors (Lipinski definition) is 1. The van der Waals surface area contributed by atoms with Crippen molar-refractivity contribution in [2.24, 2.45) is 29.1 Å². The zero-order valence-electron chi connectivity index (χ0n) is 17.2. The second kappa shape index (κ2) is 7.41. The molecular weight excluding hydrogens is 352 g/mol. The van der Waals surface area contributed by atoms with Gasteiger partial charge in [0.15, 0.2) is 0 Å². The highest BCUT2D eigenvalue weighted by molar-refractivity contribution is 5.89. The van der Waals surface area contributed by atoms with Crippen LogP contribution in [0.3, 0.4) is 0 Å². The van der Waals surface area contributed by atoms with Crippen LogP contribution in [0.4, 0.5) is 10.5 Å². The number of rotatable bonds is 3. The first kappa shape index (κ1) is 19.3. The molecule has 2 bridgehead atoms. The average Bonchev–Trinajstić information content (AvgIpc) is 2.69. The van der Waals surface area contributed by atoms with E-state index in [-0.39, 0.29) is 24.0 Å². The number of benzene rings is 1. The van der Waals surface area contributed by atoms with Gasteiger partial charge < -0.3 is 15.0 Å². The Labute approximate surface area is 167 Å². The van der Waals surface area contributed by atoms with Crippen molar-refractivity contribution in [2.45, 2.75) is 52.6 Å². The van der Waals surface area contributed by atoms with Crippen LogP contribution in [0, 0.1) is 29.1 Å². The number of anilines is 1. The van der Waals surface area contributed by atoms with Gasteiger partial charge in [0.1, 0.15) is 6.10 Å². The summed E-state index contributed by atoms with van der Waals surface area (Å²) in [6.07, 6.45) is 3.73. The van der Waals surface area contributed by atoms with Gasteiger partial charge in [-0.15, -0.1) is 0 Å². The predicted octanol–water partition coefficient (Wildman–Crippen LogP) is 4.54. The Bertz CT molecular complexity index is 725. The molecule has 4 atom stereocenters. The summed E-state index contributed by atoms with van der Waals surface area (Å²) in [5, 5.41) is 2.92. The Morgan fingerprint density at radius 2 is 1.79 bits per heavy atom. The summed E-state index contributed by atoms with van der Waals surface area (Å²) < 4.78 is 5.97. The van der Waals surface area contributed by atoms with Crippen molar-refractivity contribution in [1.29, 1.82) is 0 Å². The van der Waals surface area contributed by atoms with Gasteiger partial charge in [-0.05, 0) is 61.0 Å². The summed E-state index contributed by atoms with van der Waals surface area (Å²) in [7, 11) is 0. The topological polar surface area (TPSA) is 58.6 Å². The molecule has 5 heteroatoms. The fraction of sp³-hybridized carbons (Fsp3) is 0.652. The first-order chi connectivity index (χ1) is 13.4. The number of urea groups is 1. The van der Waals surface area contributed by atoms with Gasteiger partial charge in [0.05, 0.1) is 5.92 Å². The molecule has 0 aromatic heterocycles. The van der Waals surface area contributed by atoms with Crippen molar-refractivity contribution in [2.75, 3.05) is 18.4 Å². The lowest BCUT2D eigenvalue weighted by molar-refractivity contribution is -0.190. The molecule has 3 aliphatic carbocycles. The summed E-state index contributed by atoms with van der Waals surface area (Å²) in [5.41, 5.74) is 1.20. The van der Waals surface area contributed by atoms with E-state index in [1.165, 1.54) is 6.42 Å². The first-order valence-electron chi connectivity index (χ1n) is 10.7. The number of para-hydroxylation sites is 1. The second-order valence-electron chi connectivity index (χ2n) is 9.49. The first-order valence-corrected chi connectivity index (χ1v) is 10.7. The van der Waals surface area contributed by atoms with Crippen LogP contribution in [0.15, 0.2) is 30.3 Å². The number of likely N-dealkylation sites (tertiary alicyclic amines) is 1. The lowest BCUT2D eigenvalue weighted by Crippen LogP contribution is -2.57. The SMILES string of the molecule is C[C@@H]1[C@@H](OC(=O)C2CCN(C(=O)Nc3ccccc3)CC2)C[C@H]2C[C@H]1C2(C)C. The number of esters is 1. The largest absolute Gasteiger partial charge is 0.462 e. The minimum Gasteiger partial charge on any atom is -0.462 e. The van der Waals surface area contributed by atoms with Crippen LogP contribution in [0.5, 0.6) is 0 Å². The molecule has 1 N–H and O–H groups in total. The Hall–Kier alpha value is -2.04. The monoisotopic (exact) mass is 384 g/mol. The molecule has 5 nitrogen and oxygen atoms in total. The number of amides is 2. The van der Waals surface area contributed by atoms with Gasteiger partial charge >= 0.3 is 12.0 Å². The lowest BCUT2D eigenvalue weighted by Gasteiger charge is -2.61. The molecule has 28 heavy (non-hydrogen) atoms. The minimum absolute atomic E-state index is 0.0564. The van der Waals surface area contributed by atoms with Crippen LogP contribution in [-0.4, -0.2) is 36.1 Å². The second-order valence-corrected chi connectivity index (χ2v) is 9.49. The molecule has 5 rings (SSSR count). The van der Waals surface area contributed by atoms with Gasteiger partial charge in [-0.2, -0.15) is 0 Å². The Balaban J connectivity index is 1.25. The van der Waals surface area contributed by atoms with E-state index in [2.05, 4.69) is 26.1 Å². The molecule has 1 aliphatic heterocycles. The summed E-state index contributed by atoms with van der Waals surface area (Å²) in [6.45, 7) is 8.15. The number of hydrogen-bond acceptors (Lipinski definition) is 3. The van der Waals surface area contributed by atoms with Gasteiger partial charge in [-0.25, -0.2) is 4.79 Å². The molecule has 3 saturated carbocycles. The van der Waals surface area contributed by atoms with E-state index in [4.69, 9.17) is 4.74 Å². The maximum absolute atomic E-state index is 12.7. The maximum atomic E-state index is 12.7. The highest BCUT2D eigenvalue weighted by Gasteiger charge is 2.57. The molecule has 1 aromatic rings. The molecule has 1 aromatic carbocycles.